The van der Waals surface area contributed by atoms with Crippen molar-refractivity contribution in [1.29, 1.82) is 5.26 Å². The molecule has 1 aromatic carbocycles. The maximum Gasteiger partial charge on any atom is 0.322 e. The molecule has 0 radical (unpaired) electrons. The van der Waals surface area contributed by atoms with Gasteiger partial charge in [-0.3, -0.25) is 4.79 Å². The number of anilines is 1. The van der Waals surface area contributed by atoms with Gasteiger partial charge >= 0.3 is 5.97 Å². The number of nitrogens with zero attached hydrogens (tertiary/aromatic N) is 2. The van der Waals surface area contributed by atoms with Gasteiger partial charge < -0.3 is 10.4 Å². The summed E-state index contributed by atoms with van der Waals surface area (Å²) in [5.74, 6) is -0.694. The molecule has 0 unspecified atom stereocenters. The van der Waals surface area contributed by atoms with Crippen molar-refractivity contribution in [2.45, 2.75) is 6.92 Å². The van der Waals surface area contributed by atoms with Crippen LogP contribution in [0.1, 0.15) is 11.1 Å². The molecule has 5 heteroatoms. The van der Waals surface area contributed by atoms with E-state index in [9.17, 15) is 4.79 Å². The highest BCUT2D eigenvalue weighted by Crippen LogP contribution is 2.20. The van der Waals surface area contributed by atoms with E-state index in [0.29, 0.717) is 11.4 Å². The molecule has 0 saturated heterocycles. The van der Waals surface area contributed by atoms with E-state index in [1.165, 1.54) is 0 Å². The summed E-state index contributed by atoms with van der Waals surface area (Å²) in [7, 11) is 0. The van der Waals surface area contributed by atoms with Gasteiger partial charge in [-0.25, -0.2) is 4.98 Å². The monoisotopic (exact) mass is 241 g/mol. The number of hydrogen-bond acceptors (Lipinski definition) is 4. The van der Waals surface area contributed by atoms with E-state index in [4.69, 9.17) is 10.4 Å². The van der Waals surface area contributed by atoms with Crippen molar-refractivity contribution in [3.63, 3.8) is 0 Å². The number of rotatable bonds is 3. The summed E-state index contributed by atoms with van der Waals surface area (Å²) in [5.41, 5.74) is 2.15. The van der Waals surface area contributed by atoms with Gasteiger partial charge in [-0.1, -0.05) is 11.6 Å². The van der Waals surface area contributed by atoms with Crippen LogP contribution < -0.4 is 5.32 Å². The number of carbonyl (C=O) groups is 1. The highest BCUT2D eigenvalue weighted by atomic mass is 16.4. The molecule has 2 rings (SSSR count). The summed E-state index contributed by atoms with van der Waals surface area (Å²) in [5, 5.41) is 21.2. The number of aromatic nitrogens is 1. The van der Waals surface area contributed by atoms with Crippen LogP contribution in [0.4, 0.5) is 5.82 Å². The normalized spacial score (nSPS) is 10.0. The molecule has 0 aliphatic carbocycles. The summed E-state index contributed by atoms with van der Waals surface area (Å²) < 4.78 is 0. The number of hydrogen-bond donors (Lipinski definition) is 2. The summed E-state index contributed by atoms with van der Waals surface area (Å²) in [6.07, 6.45) is 0. The van der Waals surface area contributed by atoms with E-state index in [2.05, 4.69) is 10.3 Å². The minimum Gasteiger partial charge on any atom is -0.480 e. The third kappa shape index (κ3) is 2.38. The third-order valence-corrected chi connectivity index (χ3v) is 2.50. The molecule has 1 aromatic heterocycles. The topological polar surface area (TPSA) is 86.0 Å². The number of benzene rings is 1. The van der Waals surface area contributed by atoms with E-state index in [0.717, 1.165) is 16.5 Å². The predicted molar refractivity (Wildman–Crippen MR) is 67.3 cm³/mol. The number of fused-ring (bicyclic) bond motifs is 1. The smallest absolute Gasteiger partial charge is 0.322 e. The Labute approximate surface area is 104 Å². The highest BCUT2D eigenvalue weighted by molar-refractivity contribution is 5.84. The second-order valence-electron chi connectivity index (χ2n) is 3.94. The molecule has 0 amide bonds. The van der Waals surface area contributed by atoms with Crippen LogP contribution in [0, 0.1) is 18.3 Å². The van der Waals surface area contributed by atoms with E-state index >= 15 is 0 Å². The number of carboxylic acids is 1. The first kappa shape index (κ1) is 11.9. The van der Waals surface area contributed by atoms with Gasteiger partial charge in [-0.05, 0) is 25.1 Å². The molecule has 5 nitrogen and oxygen atoms in total. The van der Waals surface area contributed by atoms with Crippen LogP contribution in [0.25, 0.3) is 10.9 Å². The summed E-state index contributed by atoms with van der Waals surface area (Å²) >= 11 is 0. The molecule has 0 aliphatic rings. The average Bonchev–Trinajstić information content (AvgIpc) is 2.35. The van der Waals surface area contributed by atoms with E-state index in [1.807, 2.05) is 31.2 Å². The van der Waals surface area contributed by atoms with E-state index in [1.54, 1.807) is 6.07 Å². The predicted octanol–water partition coefficient (Wildman–Crippen LogP) is 1.91. The van der Waals surface area contributed by atoms with Gasteiger partial charge in [0.1, 0.15) is 18.4 Å². The fraction of sp³-hybridized carbons (Fsp3) is 0.154. The number of nitrogens with one attached hydrogen (secondary N) is 1. The molecular formula is C13H11N3O2. The number of nitriles is 1. The Hall–Kier alpha value is -2.61. The Bertz CT molecular complexity index is 659. The molecular weight excluding hydrogens is 230 g/mol. The number of aliphatic carboxylic acids is 1. The van der Waals surface area contributed by atoms with Crippen LogP contribution in [-0.4, -0.2) is 22.6 Å². The van der Waals surface area contributed by atoms with E-state index in [-0.39, 0.29) is 6.54 Å². The molecule has 90 valence electrons. The summed E-state index contributed by atoms with van der Waals surface area (Å²) in [4.78, 5) is 14.8. The molecule has 1 heterocycles. The standard InChI is InChI=1S/C13H11N3O2/c1-8-2-3-11-9(4-8)5-10(6-14)13(16-11)15-7-12(17)18/h2-5H,7H2,1H3,(H,15,16)(H,17,18). The fourth-order valence-electron chi connectivity index (χ4n) is 1.68. The molecule has 2 aromatic rings. The number of aryl methyl sites for hydroxylation is 1. The number of pyridine rings is 1. The maximum atomic E-state index is 10.5. The first-order chi connectivity index (χ1) is 8.60. The Morgan fingerprint density at radius 2 is 2.28 bits per heavy atom. The van der Waals surface area contributed by atoms with Gasteiger partial charge in [0, 0.05) is 5.39 Å². The lowest BCUT2D eigenvalue weighted by molar-refractivity contribution is -0.134. The van der Waals surface area contributed by atoms with Gasteiger partial charge in [0.2, 0.25) is 0 Å². The fourth-order valence-corrected chi connectivity index (χ4v) is 1.68. The van der Waals surface area contributed by atoms with Crippen molar-refractivity contribution in [3.05, 3.63) is 35.4 Å². The lowest BCUT2D eigenvalue weighted by Crippen LogP contribution is -2.14. The molecule has 0 aliphatic heterocycles. The van der Waals surface area contributed by atoms with Gasteiger partial charge in [-0.15, -0.1) is 0 Å². The Morgan fingerprint density at radius 1 is 1.50 bits per heavy atom. The average molecular weight is 241 g/mol. The highest BCUT2D eigenvalue weighted by Gasteiger charge is 2.07. The second kappa shape index (κ2) is 4.72. The van der Waals surface area contributed by atoms with E-state index < -0.39 is 5.97 Å². The quantitative estimate of drug-likeness (QED) is 0.857. The zero-order valence-corrected chi connectivity index (χ0v) is 9.77. The lowest BCUT2D eigenvalue weighted by Gasteiger charge is -2.07. The van der Waals surface area contributed by atoms with Gasteiger partial charge in [0.15, 0.2) is 0 Å². The first-order valence-electron chi connectivity index (χ1n) is 5.37. The van der Waals surface area contributed by atoms with Crippen LogP contribution in [-0.2, 0) is 4.79 Å². The Kier molecular flexibility index (Phi) is 3.11. The van der Waals surface area contributed by atoms with Crippen LogP contribution >= 0.6 is 0 Å². The first-order valence-corrected chi connectivity index (χ1v) is 5.37. The van der Waals surface area contributed by atoms with Gasteiger partial charge in [0.25, 0.3) is 0 Å². The maximum absolute atomic E-state index is 10.5. The Balaban J connectivity index is 2.49. The number of carboxylic acid groups (broad SMARTS) is 1. The van der Waals surface area contributed by atoms with Crippen molar-refractivity contribution in [2.75, 3.05) is 11.9 Å². The molecule has 18 heavy (non-hydrogen) atoms. The minimum atomic E-state index is -0.996. The molecule has 0 atom stereocenters. The van der Waals surface area contributed by atoms with Crippen molar-refractivity contribution in [3.8, 4) is 6.07 Å². The molecule has 2 N–H and O–H groups in total. The van der Waals surface area contributed by atoms with Crippen molar-refractivity contribution in [1.82, 2.24) is 4.98 Å². The lowest BCUT2D eigenvalue weighted by atomic mass is 10.1. The zero-order chi connectivity index (χ0) is 13.1. The molecule has 0 spiro atoms. The van der Waals surface area contributed by atoms with Crippen molar-refractivity contribution in [2.24, 2.45) is 0 Å². The van der Waals surface area contributed by atoms with Crippen LogP contribution in [0.15, 0.2) is 24.3 Å². The van der Waals surface area contributed by atoms with Gasteiger partial charge in [0.05, 0.1) is 11.1 Å². The largest absolute Gasteiger partial charge is 0.480 e. The van der Waals surface area contributed by atoms with Crippen molar-refractivity contribution >= 4 is 22.7 Å². The van der Waals surface area contributed by atoms with Crippen LogP contribution in [0.5, 0.6) is 0 Å². The molecule has 0 bridgehead atoms. The molecule has 0 fully saturated rings. The van der Waals surface area contributed by atoms with Crippen molar-refractivity contribution < 1.29 is 9.90 Å². The van der Waals surface area contributed by atoms with Gasteiger partial charge in [-0.2, -0.15) is 5.26 Å². The SMILES string of the molecule is Cc1ccc2nc(NCC(=O)O)c(C#N)cc2c1. The minimum absolute atomic E-state index is 0.265. The van der Waals surface area contributed by atoms with Crippen LogP contribution in [0.2, 0.25) is 0 Å². The summed E-state index contributed by atoms with van der Waals surface area (Å²) in [6, 6.07) is 9.42. The van der Waals surface area contributed by atoms with Crippen LogP contribution in [0.3, 0.4) is 0 Å². The Morgan fingerprint density at radius 3 is 2.94 bits per heavy atom. The third-order valence-electron chi connectivity index (χ3n) is 2.50. The summed E-state index contributed by atoms with van der Waals surface area (Å²) in [6.45, 7) is 1.70. The second-order valence-corrected chi connectivity index (χ2v) is 3.94. The molecule has 0 saturated carbocycles. The zero-order valence-electron chi connectivity index (χ0n) is 9.77.